The Kier molecular flexibility index (Phi) is 11.0. The van der Waals surface area contributed by atoms with E-state index in [2.05, 4.69) is 15.9 Å². The Hall–Kier alpha value is -2.68. The van der Waals surface area contributed by atoms with Gasteiger partial charge >= 0.3 is 5.97 Å². The molecule has 0 saturated heterocycles. The van der Waals surface area contributed by atoms with E-state index in [1.165, 1.54) is 6.92 Å². The number of esters is 1. The Balaban J connectivity index is 1.96. The fourth-order valence-electron chi connectivity index (χ4n) is 3.21. The third-order valence-corrected chi connectivity index (χ3v) is 8.24. The smallest absolute Gasteiger partial charge is 0.302 e. The number of carbonyl (C=O) groups is 2. The number of alkyl halides is 1. The van der Waals surface area contributed by atoms with Crippen LogP contribution in [0.2, 0.25) is 0 Å². The van der Waals surface area contributed by atoms with Crippen molar-refractivity contribution in [2.75, 3.05) is 7.11 Å². The highest BCUT2D eigenvalue weighted by Crippen LogP contribution is 2.39. The van der Waals surface area contributed by atoms with Crippen LogP contribution in [-0.2, 0) is 20.9 Å². The number of ether oxygens (including phenoxy) is 2. The molecule has 36 heavy (non-hydrogen) atoms. The van der Waals surface area contributed by atoms with Gasteiger partial charge in [-0.1, -0.05) is 88.0 Å². The van der Waals surface area contributed by atoms with Crippen LogP contribution in [0.3, 0.4) is 0 Å². The number of thioether (sulfide) groups is 2. The summed E-state index contributed by atoms with van der Waals surface area (Å²) in [6.45, 7) is 3.37. The number of benzene rings is 3. The summed E-state index contributed by atoms with van der Waals surface area (Å²) in [7, 11) is 1.62. The number of nitrogens with zero attached hydrogens (tertiary/aromatic N) is 1. The summed E-state index contributed by atoms with van der Waals surface area (Å²) in [6.07, 6.45) is 1.24. The molecule has 0 unspecified atom stereocenters. The average Bonchev–Trinajstić information content (AvgIpc) is 2.88. The minimum Gasteiger partial charge on any atom is -0.497 e. The summed E-state index contributed by atoms with van der Waals surface area (Å²) in [5.74, 6) is 0.102. The van der Waals surface area contributed by atoms with E-state index < -0.39 is 16.9 Å². The molecule has 0 fully saturated rings. The van der Waals surface area contributed by atoms with E-state index in [1.807, 2.05) is 91.1 Å². The topological polar surface area (TPSA) is 55.8 Å². The Morgan fingerprint density at radius 2 is 1.44 bits per heavy atom. The zero-order valence-corrected chi connectivity index (χ0v) is 23.5. The highest BCUT2D eigenvalue weighted by molar-refractivity contribution is 9.10. The summed E-state index contributed by atoms with van der Waals surface area (Å²) in [5.41, 5.74) is 0.939. The molecule has 0 aromatic heterocycles. The van der Waals surface area contributed by atoms with Crippen molar-refractivity contribution in [2.45, 2.75) is 41.1 Å². The van der Waals surface area contributed by atoms with Crippen molar-refractivity contribution in [1.29, 1.82) is 0 Å². The molecule has 5 nitrogen and oxygen atoms in total. The van der Waals surface area contributed by atoms with E-state index in [9.17, 15) is 9.59 Å². The highest BCUT2D eigenvalue weighted by atomic mass is 79.9. The first kappa shape index (κ1) is 27.9. The molecule has 188 valence electrons. The van der Waals surface area contributed by atoms with Crippen molar-refractivity contribution in [3.63, 3.8) is 0 Å². The number of halogens is 1. The predicted molar refractivity (Wildman–Crippen MR) is 150 cm³/mol. The Morgan fingerprint density at radius 1 is 0.917 bits per heavy atom. The molecule has 8 heteroatoms. The predicted octanol–water partition coefficient (Wildman–Crippen LogP) is 7.12. The van der Waals surface area contributed by atoms with Crippen LogP contribution in [0.25, 0.3) is 0 Å². The van der Waals surface area contributed by atoms with Crippen molar-refractivity contribution in [3.05, 3.63) is 101 Å². The maximum absolute atomic E-state index is 13.6. The first-order valence-corrected chi connectivity index (χ1v) is 13.8. The van der Waals surface area contributed by atoms with Crippen LogP contribution in [-0.4, -0.2) is 34.8 Å². The molecule has 0 N–H and O–H groups in total. The van der Waals surface area contributed by atoms with Crippen molar-refractivity contribution >= 4 is 51.3 Å². The molecule has 0 aliphatic rings. The molecule has 3 aromatic carbocycles. The van der Waals surface area contributed by atoms with Crippen LogP contribution in [0.4, 0.5) is 0 Å². The van der Waals surface area contributed by atoms with Gasteiger partial charge in [-0.3, -0.25) is 9.59 Å². The lowest BCUT2D eigenvalue weighted by atomic mass is 10.2. The summed E-state index contributed by atoms with van der Waals surface area (Å²) in [4.78, 5) is 28.2. The molecule has 0 spiro atoms. The molecule has 2 atom stereocenters. The van der Waals surface area contributed by atoms with Gasteiger partial charge in [-0.2, -0.15) is 0 Å². The van der Waals surface area contributed by atoms with E-state index in [-0.39, 0.29) is 5.91 Å². The summed E-state index contributed by atoms with van der Waals surface area (Å²) < 4.78 is 11.5. The van der Waals surface area contributed by atoms with Crippen LogP contribution >= 0.6 is 39.5 Å². The van der Waals surface area contributed by atoms with Crippen LogP contribution in [0.5, 0.6) is 5.75 Å². The lowest BCUT2D eigenvalue weighted by Crippen LogP contribution is -2.39. The first-order valence-electron chi connectivity index (χ1n) is 11.3. The molecular formula is C28H28BrNO4S2. The van der Waals surface area contributed by atoms with Crippen LogP contribution < -0.4 is 4.74 Å². The number of amides is 1. The number of methoxy groups -OCH3 is 1. The van der Waals surface area contributed by atoms with Gasteiger partial charge in [-0.15, -0.1) is 0 Å². The fraction of sp³-hybridized carbons (Fsp3) is 0.214. The monoisotopic (exact) mass is 585 g/mol. The summed E-state index contributed by atoms with van der Waals surface area (Å²) in [5, 5.41) is 0. The molecule has 0 heterocycles. The number of rotatable bonds is 11. The highest BCUT2D eigenvalue weighted by Gasteiger charge is 2.29. The molecule has 3 rings (SSSR count). The largest absolute Gasteiger partial charge is 0.497 e. The van der Waals surface area contributed by atoms with Gasteiger partial charge in [0.25, 0.3) is 0 Å². The Bertz CT molecular complexity index is 1110. The second-order valence-corrected chi connectivity index (χ2v) is 11.3. The maximum atomic E-state index is 13.6. The lowest BCUT2D eigenvalue weighted by molar-refractivity contribution is -0.147. The van der Waals surface area contributed by atoms with E-state index >= 15 is 0 Å². The number of hydrogen-bond donors (Lipinski definition) is 0. The van der Waals surface area contributed by atoms with E-state index in [0.29, 0.717) is 6.54 Å². The fourth-order valence-corrected chi connectivity index (χ4v) is 5.73. The number of hydrogen-bond acceptors (Lipinski definition) is 6. The van der Waals surface area contributed by atoms with Crippen molar-refractivity contribution < 1.29 is 19.1 Å². The summed E-state index contributed by atoms with van der Waals surface area (Å²) in [6, 6.07) is 27.7. The van der Waals surface area contributed by atoms with Gasteiger partial charge in [-0.05, 0) is 48.9 Å². The minimum atomic E-state index is -0.708. The van der Waals surface area contributed by atoms with Crippen molar-refractivity contribution in [2.24, 2.45) is 0 Å². The molecule has 1 amide bonds. The SMILES string of the molecule is COc1ccc(CN(C=C(Sc2ccccc2)Sc2ccccc2)C(=O)[C@H](Br)[C@H](C)OC(C)=O)cc1. The number of carbonyl (C=O) groups excluding carboxylic acids is 2. The maximum Gasteiger partial charge on any atom is 0.302 e. The second kappa shape index (κ2) is 14.2. The Morgan fingerprint density at radius 3 is 1.92 bits per heavy atom. The van der Waals surface area contributed by atoms with Gasteiger partial charge in [0.1, 0.15) is 16.7 Å². The summed E-state index contributed by atoms with van der Waals surface area (Å²) >= 11 is 6.64. The second-order valence-electron chi connectivity index (χ2n) is 7.81. The zero-order chi connectivity index (χ0) is 25.9. The molecular weight excluding hydrogens is 558 g/mol. The third kappa shape index (κ3) is 8.76. The van der Waals surface area contributed by atoms with Crippen LogP contribution in [0, 0.1) is 0 Å². The van der Waals surface area contributed by atoms with E-state index in [0.717, 1.165) is 25.3 Å². The molecule has 0 radical (unpaired) electrons. The van der Waals surface area contributed by atoms with Gasteiger partial charge < -0.3 is 14.4 Å². The zero-order valence-electron chi connectivity index (χ0n) is 20.3. The quantitative estimate of drug-likeness (QED) is 0.136. The van der Waals surface area contributed by atoms with E-state index in [1.54, 1.807) is 42.5 Å². The van der Waals surface area contributed by atoms with Crippen molar-refractivity contribution in [1.82, 2.24) is 4.90 Å². The normalized spacial score (nSPS) is 12.2. The van der Waals surface area contributed by atoms with Gasteiger partial charge in [0.2, 0.25) is 5.91 Å². The van der Waals surface area contributed by atoms with Gasteiger partial charge in [-0.25, -0.2) is 0 Å². The van der Waals surface area contributed by atoms with Gasteiger partial charge in [0, 0.05) is 22.9 Å². The van der Waals surface area contributed by atoms with Crippen LogP contribution in [0.15, 0.2) is 105 Å². The van der Waals surface area contributed by atoms with Crippen molar-refractivity contribution in [3.8, 4) is 5.75 Å². The molecule has 0 aliphatic carbocycles. The van der Waals surface area contributed by atoms with Crippen LogP contribution in [0.1, 0.15) is 19.4 Å². The first-order chi connectivity index (χ1) is 17.4. The minimum absolute atomic E-state index is 0.209. The van der Waals surface area contributed by atoms with Gasteiger partial charge in [0.15, 0.2) is 0 Å². The standard InChI is InChI=1S/C28H28BrNO4S2/c1-20(34-21(2)31)27(29)28(32)30(18-22-14-16-23(33-3)17-15-22)19-26(35-24-10-6-4-7-11-24)36-25-12-8-5-9-13-25/h4-17,19-20,27H,18H2,1-3H3/t20-,27+/m0/s1. The van der Waals surface area contributed by atoms with E-state index in [4.69, 9.17) is 9.47 Å². The molecule has 0 bridgehead atoms. The molecule has 3 aromatic rings. The van der Waals surface area contributed by atoms with Gasteiger partial charge in [0.05, 0.1) is 17.9 Å². The lowest BCUT2D eigenvalue weighted by Gasteiger charge is -2.26. The Labute approximate surface area is 229 Å². The average molecular weight is 587 g/mol. The molecule has 0 aliphatic heterocycles. The third-order valence-electron chi connectivity index (χ3n) is 4.98. The molecule has 0 saturated carbocycles.